The van der Waals surface area contributed by atoms with Gasteiger partial charge in [-0.2, -0.15) is 0 Å². The van der Waals surface area contributed by atoms with Gasteiger partial charge in [0.05, 0.1) is 10.9 Å². The Morgan fingerprint density at radius 2 is 2.08 bits per heavy atom. The van der Waals surface area contributed by atoms with Crippen molar-refractivity contribution in [3.05, 3.63) is 64.8 Å². The lowest BCUT2D eigenvalue weighted by atomic mass is 10.1. The zero-order valence-electron chi connectivity index (χ0n) is 12.5. The minimum Gasteiger partial charge on any atom is -0.401 e. The minimum atomic E-state index is -0.672. The van der Waals surface area contributed by atoms with E-state index in [2.05, 4.69) is 20.2 Å². The molecule has 0 aliphatic heterocycles. The van der Waals surface area contributed by atoms with Gasteiger partial charge < -0.3 is 4.42 Å². The van der Waals surface area contributed by atoms with Crippen molar-refractivity contribution in [1.82, 2.24) is 24.7 Å². The fourth-order valence-corrected chi connectivity index (χ4v) is 2.28. The maximum Gasteiger partial charge on any atom is 0.347 e. The monoisotopic (exact) mass is 323 g/mol. The van der Waals surface area contributed by atoms with Crippen molar-refractivity contribution < 1.29 is 8.81 Å². The second kappa shape index (κ2) is 5.34. The van der Waals surface area contributed by atoms with Crippen molar-refractivity contribution in [2.24, 2.45) is 0 Å². The van der Waals surface area contributed by atoms with E-state index in [9.17, 15) is 9.18 Å². The third-order valence-electron chi connectivity index (χ3n) is 3.55. The van der Waals surface area contributed by atoms with Crippen molar-refractivity contribution in [3.63, 3.8) is 0 Å². The minimum absolute atomic E-state index is 0.0307. The predicted octanol–water partition coefficient (Wildman–Crippen LogP) is 2.28. The summed E-state index contributed by atoms with van der Waals surface area (Å²) in [6.45, 7) is 1.60. The number of halogens is 1. The van der Waals surface area contributed by atoms with Crippen LogP contribution in [-0.4, -0.2) is 24.7 Å². The number of hydrogen-bond donors (Lipinski definition) is 0. The number of fused-ring (bicyclic) bond motifs is 1. The van der Waals surface area contributed by atoms with E-state index in [0.29, 0.717) is 22.6 Å². The van der Waals surface area contributed by atoms with Gasteiger partial charge in [0.1, 0.15) is 17.8 Å². The first-order valence-electron chi connectivity index (χ1n) is 7.05. The molecule has 0 fully saturated rings. The average Bonchev–Trinajstić information content (AvgIpc) is 3.11. The number of nitrogens with zero attached hydrogens (tertiary/aromatic N) is 5. The van der Waals surface area contributed by atoms with Gasteiger partial charge in [0.2, 0.25) is 0 Å². The maximum absolute atomic E-state index is 13.6. The smallest absolute Gasteiger partial charge is 0.347 e. The second-order valence-corrected chi connectivity index (χ2v) is 5.17. The molecular weight excluding hydrogens is 313 g/mol. The van der Waals surface area contributed by atoms with E-state index in [1.807, 2.05) is 0 Å². The summed E-state index contributed by atoms with van der Waals surface area (Å²) in [6, 6.07) is 5.96. The summed E-state index contributed by atoms with van der Waals surface area (Å²) in [5, 5.41) is 8.16. The molecular formula is C16H10FN5O2. The van der Waals surface area contributed by atoms with Crippen LogP contribution in [0.25, 0.3) is 28.3 Å². The zero-order chi connectivity index (χ0) is 16.7. The van der Waals surface area contributed by atoms with Crippen LogP contribution in [0.5, 0.6) is 0 Å². The van der Waals surface area contributed by atoms with Gasteiger partial charge in [-0.15, -0.1) is 10.2 Å². The summed E-state index contributed by atoms with van der Waals surface area (Å²) >= 11 is 0. The molecule has 0 saturated heterocycles. The molecule has 7 nitrogen and oxygen atoms in total. The van der Waals surface area contributed by atoms with Gasteiger partial charge >= 0.3 is 5.63 Å². The quantitative estimate of drug-likeness (QED) is 0.562. The molecule has 3 aromatic heterocycles. The SMILES string of the molecule is Cc1cc2nc(-c3ccc(-n4ccnc4)nn3)oc(=O)c2cc1F. The van der Waals surface area contributed by atoms with Gasteiger partial charge in [-0.05, 0) is 36.8 Å². The molecule has 0 aliphatic rings. The van der Waals surface area contributed by atoms with Crippen LogP contribution in [0.1, 0.15) is 5.56 Å². The maximum atomic E-state index is 13.6. The van der Waals surface area contributed by atoms with Gasteiger partial charge in [0, 0.05) is 12.4 Å². The first kappa shape index (κ1) is 14.2. The van der Waals surface area contributed by atoms with E-state index in [1.54, 1.807) is 42.3 Å². The largest absolute Gasteiger partial charge is 0.401 e. The summed E-state index contributed by atoms with van der Waals surface area (Å²) in [7, 11) is 0. The fourth-order valence-electron chi connectivity index (χ4n) is 2.28. The van der Waals surface area contributed by atoms with Crippen molar-refractivity contribution in [2.45, 2.75) is 6.92 Å². The molecule has 0 aliphatic carbocycles. The zero-order valence-corrected chi connectivity index (χ0v) is 12.5. The number of benzene rings is 1. The molecule has 4 rings (SSSR count). The van der Waals surface area contributed by atoms with Crippen molar-refractivity contribution >= 4 is 10.9 Å². The molecule has 0 bridgehead atoms. The lowest BCUT2D eigenvalue weighted by Gasteiger charge is -2.04. The first-order valence-corrected chi connectivity index (χ1v) is 7.05. The number of hydrogen-bond acceptors (Lipinski definition) is 6. The van der Waals surface area contributed by atoms with Crippen molar-refractivity contribution in [1.29, 1.82) is 0 Å². The molecule has 1 aromatic carbocycles. The Labute approximate surface area is 134 Å². The van der Waals surface area contributed by atoms with E-state index in [0.717, 1.165) is 6.07 Å². The first-order chi connectivity index (χ1) is 11.6. The standard InChI is InChI=1S/C16H10FN5O2/c1-9-6-13-10(7-11(9)17)16(23)24-15(19-13)12-2-3-14(21-20-12)22-5-4-18-8-22/h2-8H,1H3. The summed E-state index contributed by atoms with van der Waals surface area (Å²) in [5.74, 6) is 0.120. The van der Waals surface area contributed by atoms with Crippen LogP contribution in [0.3, 0.4) is 0 Å². The van der Waals surface area contributed by atoms with Gasteiger partial charge in [-0.1, -0.05) is 0 Å². The predicted molar refractivity (Wildman–Crippen MR) is 83.1 cm³/mol. The Kier molecular flexibility index (Phi) is 3.16. The average molecular weight is 323 g/mol. The molecule has 8 heteroatoms. The highest BCUT2D eigenvalue weighted by molar-refractivity contribution is 5.79. The Bertz CT molecular complexity index is 1090. The van der Waals surface area contributed by atoms with E-state index >= 15 is 0 Å². The molecule has 24 heavy (non-hydrogen) atoms. The highest BCUT2D eigenvalue weighted by Gasteiger charge is 2.12. The molecule has 4 aromatic rings. The van der Waals surface area contributed by atoms with Gasteiger partial charge in [-0.25, -0.2) is 19.2 Å². The van der Waals surface area contributed by atoms with Crippen molar-refractivity contribution in [2.75, 3.05) is 0 Å². The van der Waals surface area contributed by atoms with E-state index in [-0.39, 0.29) is 11.3 Å². The van der Waals surface area contributed by atoms with E-state index in [4.69, 9.17) is 4.42 Å². The van der Waals surface area contributed by atoms with E-state index in [1.165, 1.54) is 6.07 Å². The van der Waals surface area contributed by atoms with Crippen LogP contribution in [0.15, 0.2) is 52.2 Å². The number of imidazole rings is 1. The number of aryl methyl sites for hydroxylation is 1. The van der Waals surface area contributed by atoms with Crippen LogP contribution in [-0.2, 0) is 0 Å². The van der Waals surface area contributed by atoms with Crippen LogP contribution < -0.4 is 5.63 Å². The molecule has 0 spiro atoms. The third-order valence-corrected chi connectivity index (χ3v) is 3.55. The fraction of sp³-hybridized carbons (Fsp3) is 0.0625. The Hall–Kier alpha value is -3.42. The van der Waals surface area contributed by atoms with Gasteiger partial charge in [0.25, 0.3) is 5.89 Å². The molecule has 118 valence electrons. The molecule has 0 saturated carbocycles. The Morgan fingerprint density at radius 3 is 2.79 bits per heavy atom. The highest BCUT2D eigenvalue weighted by Crippen LogP contribution is 2.19. The summed E-state index contributed by atoms with van der Waals surface area (Å²) in [6.07, 6.45) is 4.95. The molecule has 0 amide bonds. The topological polar surface area (TPSA) is 86.7 Å². The Balaban J connectivity index is 1.81. The highest BCUT2D eigenvalue weighted by atomic mass is 19.1. The normalized spacial score (nSPS) is 11.1. The lowest BCUT2D eigenvalue weighted by molar-refractivity contribution is 0.514. The third kappa shape index (κ3) is 2.34. The van der Waals surface area contributed by atoms with E-state index < -0.39 is 11.4 Å². The molecule has 0 unspecified atom stereocenters. The lowest BCUT2D eigenvalue weighted by Crippen LogP contribution is -2.05. The molecule has 0 N–H and O–H groups in total. The molecule has 3 heterocycles. The number of aromatic nitrogens is 5. The van der Waals surface area contributed by atoms with Crippen LogP contribution >= 0.6 is 0 Å². The van der Waals surface area contributed by atoms with Crippen molar-refractivity contribution in [3.8, 4) is 17.4 Å². The summed E-state index contributed by atoms with van der Waals surface area (Å²) in [5.41, 5.74) is 0.378. The van der Waals surface area contributed by atoms with Crippen LogP contribution in [0.4, 0.5) is 4.39 Å². The second-order valence-electron chi connectivity index (χ2n) is 5.17. The summed E-state index contributed by atoms with van der Waals surface area (Å²) < 4.78 is 20.4. The van der Waals surface area contributed by atoms with Crippen LogP contribution in [0.2, 0.25) is 0 Å². The summed E-state index contributed by atoms with van der Waals surface area (Å²) in [4.78, 5) is 20.2. The van der Waals surface area contributed by atoms with Gasteiger partial charge in [0.15, 0.2) is 5.82 Å². The molecule has 0 radical (unpaired) electrons. The Morgan fingerprint density at radius 1 is 1.21 bits per heavy atom. The molecule has 0 atom stereocenters. The van der Waals surface area contributed by atoms with Crippen LogP contribution in [0, 0.1) is 12.7 Å². The number of rotatable bonds is 2. The van der Waals surface area contributed by atoms with Gasteiger partial charge in [-0.3, -0.25) is 4.57 Å².